The maximum absolute atomic E-state index is 5.78. The molecule has 1 fully saturated rings. The van der Waals surface area contributed by atoms with Crippen molar-refractivity contribution < 1.29 is 9.16 Å². The summed E-state index contributed by atoms with van der Waals surface area (Å²) < 4.78 is 10.8. The molecule has 12 heavy (non-hydrogen) atoms. The van der Waals surface area contributed by atoms with E-state index in [4.69, 9.17) is 9.16 Å². The summed E-state index contributed by atoms with van der Waals surface area (Å²) in [6.07, 6.45) is 8.77. The van der Waals surface area contributed by atoms with Crippen LogP contribution < -0.4 is 0 Å². The predicted molar refractivity (Wildman–Crippen MR) is 57.3 cm³/mol. The molecule has 2 nitrogen and oxygen atoms in total. The van der Waals surface area contributed by atoms with Crippen LogP contribution in [0.4, 0.5) is 0 Å². The molecule has 0 N–H and O–H groups in total. The van der Waals surface area contributed by atoms with Crippen LogP contribution in [0.3, 0.4) is 0 Å². The first-order valence-electron chi connectivity index (χ1n) is 4.59. The minimum atomic E-state index is 0.217. The van der Waals surface area contributed by atoms with Gasteiger partial charge in [0.15, 0.2) is 0 Å². The van der Waals surface area contributed by atoms with Crippen LogP contribution in [-0.2, 0) is 9.16 Å². The van der Waals surface area contributed by atoms with Gasteiger partial charge in [0.2, 0.25) is 10.5 Å². The molecule has 1 aliphatic rings. The first kappa shape index (κ1) is 10.0. The fourth-order valence-electron chi connectivity index (χ4n) is 1.55. The summed E-state index contributed by atoms with van der Waals surface area (Å²) in [6, 6.07) is 0. The molecule has 0 aromatic heterocycles. The summed E-state index contributed by atoms with van der Waals surface area (Å²) in [4.78, 5) is 0. The molecule has 1 unspecified atom stereocenters. The number of hydrogen-bond donors (Lipinski definition) is 0. The highest BCUT2D eigenvalue weighted by molar-refractivity contribution is 6.14. The van der Waals surface area contributed by atoms with Crippen molar-refractivity contribution in [2.24, 2.45) is 0 Å². The van der Waals surface area contributed by atoms with Crippen LogP contribution >= 0.6 is 0 Å². The van der Waals surface area contributed by atoms with Crippen molar-refractivity contribution in [1.29, 1.82) is 0 Å². The van der Waals surface area contributed by atoms with Crippen molar-refractivity contribution in [3.05, 3.63) is 12.3 Å². The maximum atomic E-state index is 5.78. The highest BCUT2D eigenvalue weighted by atomic mass is 28.2. The zero-order valence-electron chi connectivity index (χ0n) is 8.01. The summed E-state index contributed by atoms with van der Waals surface area (Å²) in [5.41, 5.74) is 0. The lowest BCUT2D eigenvalue weighted by Crippen LogP contribution is -2.36. The molecule has 0 aromatic rings. The third-order valence-electron chi connectivity index (χ3n) is 2.33. The smallest absolute Gasteiger partial charge is 0.203 e. The van der Waals surface area contributed by atoms with Crippen molar-refractivity contribution >= 4 is 20.7 Å². The average Bonchev–Trinajstić information content (AvgIpc) is 2.06. The Kier molecular flexibility index (Phi) is 4.04. The summed E-state index contributed by atoms with van der Waals surface area (Å²) in [7, 11) is 1.92. The van der Waals surface area contributed by atoms with Crippen LogP contribution in [-0.4, -0.2) is 32.6 Å². The molecule has 0 spiro atoms. The normalized spacial score (nSPS) is 31.3. The van der Waals surface area contributed by atoms with Gasteiger partial charge >= 0.3 is 0 Å². The van der Waals surface area contributed by atoms with E-state index in [1.54, 1.807) is 0 Å². The molecule has 0 amide bonds. The Hall–Kier alpha value is -0.0662. The predicted octanol–water partition coefficient (Wildman–Crippen LogP) is -0.551. The highest BCUT2D eigenvalue weighted by Crippen LogP contribution is 2.25. The monoisotopic (exact) mass is 202 g/mol. The summed E-state index contributed by atoms with van der Waals surface area (Å²) in [5.74, 6) is 0. The van der Waals surface area contributed by atoms with Gasteiger partial charge < -0.3 is 9.16 Å². The summed E-state index contributed by atoms with van der Waals surface area (Å²) in [5, 5.41) is 0.217. The Balaban J connectivity index is 2.31. The lowest BCUT2D eigenvalue weighted by molar-refractivity contribution is -0.0153. The van der Waals surface area contributed by atoms with Crippen molar-refractivity contribution in [3.63, 3.8) is 0 Å². The van der Waals surface area contributed by atoms with Crippen LogP contribution in [0.15, 0.2) is 12.3 Å². The zero-order valence-corrected chi connectivity index (χ0v) is 12.0. The molecule has 4 heteroatoms. The average molecular weight is 202 g/mol. The lowest BCUT2D eigenvalue weighted by Gasteiger charge is -2.33. The van der Waals surface area contributed by atoms with Gasteiger partial charge in [0, 0.05) is 16.8 Å². The standard InChI is InChI=1S/C8H18O2Si2/c11-8(5-3-7-10-12)4-1-2-6-9-8/h3,7H,1-2,4-6H2,11-12H3. The Bertz CT molecular complexity index is 153. The van der Waals surface area contributed by atoms with Gasteiger partial charge in [0.05, 0.1) is 11.5 Å². The van der Waals surface area contributed by atoms with E-state index in [0.717, 1.165) is 33.8 Å². The molecular formula is C8H18O2Si2. The molecule has 70 valence electrons. The van der Waals surface area contributed by atoms with E-state index < -0.39 is 0 Å². The van der Waals surface area contributed by atoms with Crippen LogP contribution in [0.2, 0.25) is 0 Å². The Morgan fingerprint density at radius 2 is 2.33 bits per heavy atom. The first-order chi connectivity index (χ1) is 5.77. The Morgan fingerprint density at radius 1 is 1.50 bits per heavy atom. The van der Waals surface area contributed by atoms with Crippen LogP contribution in [0.1, 0.15) is 25.7 Å². The fourth-order valence-corrected chi connectivity index (χ4v) is 2.53. The quantitative estimate of drug-likeness (QED) is 0.452. The van der Waals surface area contributed by atoms with Crippen molar-refractivity contribution in [2.75, 3.05) is 6.61 Å². The number of ether oxygens (including phenoxy) is 1. The third-order valence-corrected chi connectivity index (χ3v) is 3.80. The summed E-state index contributed by atoms with van der Waals surface area (Å²) >= 11 is 0. The second-order valence-electron chi connectivity index (χ2n) is 3.57. The number of hydrogen-bond acceptors (Lipinski definition) is 2. The topological polar surface area (TPSA) is 18.5 Å². The Morgan fingerprint density at radius 3 is 2.92 bits per heavy atom. The molecule has 0 bridgehead atoms. The highest BCUT2D eigenvalue weighted by Gasteiger charge is 2.25. The van der Waals surface area contributed by atoms with Gasteiger partial charge in [-0.3, -0.25) is 0 Å². The van der Waals surface area contributed by atoms with Gasteiger partial charge in [-0.1, -0.05) is 0 Å². The van der Waals surface area contributed by atoms with Crippen molar-refractivity contribution in [3.8, 4) is 0 Å². The minimum absolute atomic E-state index is 0.217. The first-order valence-corrected chi connectivity index (χ1v) is 6.40. The van der Waals surface area contributed by atoms with Gasteiger partial charge in [0.1, 0.15) is 0 Å². The van der Waals surface area contributed by atoms with Gasteiger partial charge in [-0.15, -0.1) is 0 Å². The van der Waals surface area contributed by atoms with Crippen LogP contribution in [0, 0.1) is 0 Å². The fraction of sp³-hybridized carbons (Fsp3) is 0.750. The molecule has 1 aliphatic heterocycles. The molecule has 0 aromatic carbocycles. The second kappa shape index (κ2) is 4.84. The van der Waals surface area contributed by atoms with Gasteiger partial charge in [-0.05, 0) is 31.8 Å². The third kappa shape index (κ3) is 3.12. The van der Waals surface area contributed by atoms with Crippen LogP contribution in [0.25, 0.3) is 0 Å². The molecule has 0 saturated carbocycles. The number of rotatable bonds is 3. The van der Waals surface area contributed by atoms with E-state index in [1.165, 1.54) is 19.3 Å². The van der Waals surface area contributed by atoms with Crippen molar-refractivity contribution in [2.45, 2.75) is 30.9 Å². The zero-order chi connectivity index (χ0) is 8.86. The largest absolute Gasteiger partial charge is 0.559 e. The molecular weight excluding hydrogens is 184 g/mol. The SMILES string of the molecule is [SiH3]OC=CCC1([SiH3])CCCCO1. The molecule has 1 atom stereocenters. The van der Waals surface area contributed by atoms with Gasteiger partial charge in [-0.25, -0.2) is 0 Å². The molecule has 1 rings (SSSR count). The van der Waals surface area contributed by atoms with E-state index in [2.05, 4.69) is 6.08 Å². The Labute approximate surface area is 80.3 Å². The molecule has 0 radical (unpaired) electrons. The van der Waals surface area contributed by atoms with Crippen molar-refractivity contribution in [1.82, 2.24) is 0 Å². The van der Waals surface area contributed by atoms with Gasteiger partial charge in [-0.2, -0.15) is 0 Å². The maximum Gasteiger partial charge on any atom is 0.203 e. The van der Waals surface area contributed by atoms with E-state index in [-0.39, 0.29) is 5.22 Å². The van der Waals surface area contributed by atoms with Crippen LogP contribution in [0.5, 0.6) is 0 Å². The second-order valence-corrected chi connectivity index (χ2v) is 5.86. The van der Waals surface area contributed by atoms with E-state index in [9.17, 15) is 0 Å². The van der Waals surface area contributed by atoms with Gasteiger partial charge in [0.25, 0.3) is 0 Å². The molecule has 1 heterocycles. The van der Waals surface area contributed by atoms with E-state index in [0.29, 0.717) is 0 Å². The van der Waals surface area contributed by atoms with E-state index in [1.807, 2.05) is 6.26 Å². The lowest BCUT2D eigenvalue weighted by atomic mass is 10.1. The minimum Gasteiger partial charge on any atom is -0.559 e. The molecule has 0 aliphatic carbocycles. The van der Waals surface area contributed by atoms with E-state index >= 15 is 0 Å². The summed E-state index contributed by atoms with van der Waals surface area (Å²) in [6.45, 7) is 0.957. The molecule has 1 saturated heterocycles.